The zero-order chi connectivity index (χ0) is 16.4. The van der Waals surface area contributed by atoms with Gasteiger partial charge in [-0.1, -0.05) is 12.1 Å². The zero-order valence-corrected chi connectivity index (χ0v) is 12.7. The van der Waals surface area contributed by atoms with E-state index in [4.69, 9.17) is 9.47 Å². The van der Waals surface area contributed by atoms with E-state index in [1.165, 1.54) is 10.7 Å². The van der Waals surface area contributed by atoms with E-state index in [1.807, 2.05) is 0 Å². The predicted molar refractivity (Wildman–Crippen MR) is 79.6 cm³/mol. The zero-order valence-electron chi connectivity index (χ0n) is 12.7. The van der Waals surface area contributed by atoms with Crippen LogP contribution in [0.15, 0.2) is 24.3 Å². The van der Waals surface area contributed by atoms with Gasteiger partial charge in [-0.3, -0.25) is 0 Å². The maximum Gasteiger partial charge on any atom is 0.345 e. The van der Waals surface area contributed by atoms with E-state index in [0.717, 1.165) is 0 Å². The smallest absolute Gasteiger partial charge is 0.345 e. The van der Waals surface area contributed by atoms with Crippen molar-refractivity contribution in [3.05, 3.63) is 35.6 Å². The van der Waals surface area contributed by atoms with Crippen LogP contribution in [-0.2, 0) is 11.3 Å². The minimum absolute atomic E-state index is 0.0525. The second-order valence-corrected chi connectivity index (χ2v) is 5.27. The highest BCUT2D eigenvalue weighted by Crippen LogP contribution is 2.35. The molecule has 0 radical (unpaired) electrons. The average Bonchev–Trinajstić information content (AvgIpc) is 2.93. The lowest BCUT2D eigenvalue weighted by Gasteiger charge is -2.22. The van der Waals surface area contributed by atoms with Gasteiger partial charge in [0.15, 0.2) is 0 Å². The van der Waals surface area contributed by atoms with Crippen LogP contribution in [0.25, 0.3) is 11.3 Å². The molecule has 1 aromatic carbocycles. The largest absolute Gasteiger partial charge is 0.477 e. The van der Waals surface area contributed by atoms with Gasteiger partial charge < -0.3 is 14.6 Å². The van der Waals surface area contributed by atoms with Gasteiger partial charge in [-0.2, -0.15) is 5.10 Å². The Balaban J connectivity index is 2.13. The number of nitrogens with zero attached hydrogens (tertiary/aromatic N) is 2. The first kappa shape index (κ1) is 15.5. The molecular formula is C16H17FN2O4. The van der Waals surface area contributed by atoms with Crippen LogP contribution in [0.4, 0.5) is 4.39 Å². The van der Waals surface area contributed by atoms with Gasteiger partial charge in [0.05, 0.1) is 26.4 Å². The number of aliphatic hydroxyl groups is 1. The first-order valence-electron chi connectivity index (χ1n) is 7.42. The molecule has 0 spiro atoms. The minimum Gasteiger partial charge on any atom is -0.477 e. The normalized spacial score (nSPS) is 16.6. The van der Waals surface area contributed by atoms with Crippen molar-refractivity contribution in [1.82, 2.24) is 9.78 Å². The summed E-state index contributed by atoms with van der Waals surface area (Å²) in [5.74, 6) is -0.945. The molecule has 0 amide bonds. The summed E-state index contributed by atoms with van der Waals surface area (Å²) in [5, 5.41) is 13.6. The van der Waals surface area contributed by atoms with Gasteiger partial charge in [0.2, 0.25) is 5.88 Å². The molecule has 0 saturated heterocycles. The Bertz CT molecular complexity index is 729. The summed E-state index contributed by atoms with van der Waals surface area (Å²) < 4.78 is 26.3. The van der Waals surface area contributed by atoms with Crippen molar-refractivity contribution in [3.63, 3.8) is 0 Å². The van der Waals surface area contributed by atoms with Crippen LogP contribution in [0.5, 0.6) is 5.88 Å². The number of rotatable bonds is 4. The van der Waals surface area contributed by atoms with Gasteiger partial charge in [-0.05, 0) is 19.1 Å². The molecular weight excluding hydrogens is 303 g/mol. The number of carbonyl (C=O) groups is 1. The molecule has 0 aliphatic carbocycles. The highest BCUT2D eigenvalue weighted by atomic mass is 19.1. The fourth-order valence-corrected chi connectivity index (χ4v) is 2.55. The maximum absolute atomic E-state index is 14.1. The van der Waals surface area contributed by atoms with Gasteiger partial charge in [-0.25, -0.2) is 13.9 Å². The summed E-state index contributed by atoms with van der Waals surface area (Å²) >= 11 is 0. The van der Waals surface area contributed by atoms with E-state index in [9.17, 15) is 14.3 Å². The molecule has 0 bridgehead atoms. The standard InChI is InChI=1S/C16H17FN2O4/c1-2-22-16(21)13-14(11-5-3-4-6-12(11)17)18-19-7-10(8-20)9-23-15(13)19/h3-6,10,20H,2,7-9H2,1H3. The third-order valence-electron chi connectivity index (χ3n) is 3.66. The van der Waals surface area contributed by atoms with Crippen molar-refractivity contribution in [3.8, 4) is 17.1 Å². The Morgan fingerprint density at radius 2 is 2.30 bits per heavy atom. The third-order valence-corrected chi connectivity index (χ3v) is 3.66. The van der Waals surface area contributed by atoms with E-state index in [0.29, 0.717) is 6.54 Å². The first-order chi connectivity index (χ1) is 11.2. The molecule has 23 heavy (non-hydrogen) atoms. The van der Waals surface area contributed by atoms with Crippen molar-refractivity contribution >= 4 is 5.97 Å². The second kappa shape index (κ2) is 6.37. The number of hydrogen-bond acceptors (Lipinski definition) is 5. The summed E-state index contributed by atoms with van der Waals surface area (Å²) in [6.07, 6.45) is 0. The Morgan fingerprint density at radius 1 is 1.52 bits per heavy atom. The van der Waals surface area contributed by atoms with E-state index in [-0.39, 0.29) is 48.4 Å². The fraction of sp³-hybridized carbons (Fsp3) is 0.375. The van der Waals surface area contributed by atoms with Crippen molar-refractivity contribution in [1.29, 1.82) is 0 Å². The van der Waals surface area contributed by atoms with Crippen molar-refractivity contribution in [2.75, 3.05) is 19.8 Å². The van der Waals surface area contributed by atoms with Crippen LogP contribution in [0.3, 0.4) is 0 Å². The molecule has 2 heterocycles. The third kappa shape index (κ3) is 2.79. The summed E-state index contributed by atoms with van der Waals surface area (Å²) in [6.45, 7) is 2.50. The first-order valence-corrected chi connectivity index (χ1v) is 7.42. The van der Waals surface area contributed by atoms with Gasteiger partial charge in [-0.15, -0.1) is 0 Å². The molecule has 1 atom stereocenters. The van der Waals surface area contributed by atoms with Crippen molar-refractivity contribution in [2.24, 2.45) is 5.92 Å². The molecule has 1 aliphatic rings. The molecule has 3 rings (SSSR count). The Labute approximate surface area is 132 Å². The number of carbonyl (C=O) groups excluding carboxylic acids is 1. The second-order valence-electron chi connectivity index (χ2n) is 5.27. The topological polar surface area (TPSA) is 73.6 Å². The number of benzene rings is 1. The Kier molecular flexibility index (Phi) is 4.29. The summed E-state index contributed by atoms with van der Waals surface area (Å²) in [5.41, 5.74) is 0.519. The maximum atomic E-state index is 14.1. The number of fused-ring (bicyclic) bond motifs is 1. The van der Waals surface area contributed by atoms with E-state index >= 15 is 0 Å². The molecule has 1 aromatic heterocycles. The lowest BCUT2D eigenvalue weighted by molar-refractivity contribution is 0.0513. The average molecular weight is 320 g/mol. The van der Waals surface area contributed by atoms with Crippen molar-refractivity contribution < 1.29 is 23.8 Å². The highest BCUT2D eigenvalue weighted by Gasteiger charge is 2.32. The summed E-state index contributed by atoms with van der Waals surface area (Å²) in [4.78, 5) is 12.3. The van der Waals surface area contributed by atoms with Gasteiger partial charge in [0, 0.05) is 11.5 Å². The molecule has 1 unspecified atom stereocenters. The number of hydrogen-bond donors (Lipinski definition) is 1. The Hall–Kier alpha value is -2.41. The molecule has 122 valence electrons. The molecule has 0 fully saturated rings. The van der Waals surface area contributed by atoms with Crippen LogP contribution in [0.1, 0.15) is 17.3 Å². The number of aliphatic hydroxyl groups excluding tert-OH is 1. The molecule has 1 aliphatic heterocycles. The molecule has 0 saturated carbocycles. The quantitative estimate of drug-likeness (QED) is 0.871. The molecule has 2 aromatic rings. The van der Waals surface area contributed by atoms with Crippen LogP contribution in [0.2, 0.25) is 0 Å². The summed E-state index contributed by atoms with van der Waals surface area (Å²) in [6, 6.07) is 6.09. The number of aromatic nitrogens is 2. The lowest BCUT2D eigenvalue weighted by atomic mass is 10.1. The lowest BCUT2D eigenvalue weighted by Crippen LogP contribution is -2.28. The van der Waals surface area contributed by atoms with E-state index in [1.54, 1.807) is 25.1 Å². The predicted octanol–water partition coefficient (Wildman–Crippen LogP) is 1.87. The van der Waals surface area contributed by atoms with Crippen LogP contribution >= 0.6 is 0 Å². The van der Waals surface area contributed by atoms with Gasteiger partial charge >= 0.3 is 5.97 Å². The van der Waals surface area contributed by atoms with E-state index < -0.39 is 11.8 Å². The summed E-state index contributed by atoms with van der Waals surface area (Å²) in [7, 11) is 0. The molecule has 1 N–H and O–H groups in total. The highest BCUT2D eigenvalue weighted by molar-refractivity contribution is 5.98. The number of esters is 1. The van der Waals surface area contributed by atoms with Crippen LogP contribution < -0.4 is 4.74 Å². The SMILES string of the molecule is CCOC(=O)c1c(-c2ccccc2F)nn2c1OCC(CO)C2. The molecule has 6 nitrogen and oxygen atoms in total. The number of halogens is 1. The molecule has 7 heteroatoms. The van der Waals surface area contributed by atoms with Crippen LogP contribution in [-0.4, -0.2) is 40.7 Å². The number of ether oxygens (including phenoxy) is 2. The van der Waals surface area contributed by atoms with Gasteiger partial charge in [0.1, 0.15) is 17.1 Å². The monoisotopic (exact) mass is 320 g/mol. The van der Waals surface area contributed by atoms with E-state index in [2.05, 4.69) is 5.10 Å². The van der Waals surface area contributed by atoms with Crippen LogP contribution in [0, 0.1) is 11.7 Å². The van der Waals surface area contributed by atoms with Gasteiger partial charge in [0.25, 0.3) is 0 Å². The fourth-order valence-electron chi connectivity index (χ4n) is 2.55. The Morgan fingerprint density at radius 3 is 3.00 bits per heavy atom. The minimum atomic E-state index is -0.602. The van der Waals surface area contributed by atoms with Crippen molar-refractivity contribution in [2.45, 2.75) is 13.5 Å².